The van der Waals surface area contributed by atoms with Crippen LogP contribution in [0, 0.1) is 0 Å². The van der Waals surface area contributed by atoms with Crippen molar-refractivity contribution in [2.75, 3.05) is 0 Å². The van der Waals surface area contributed by atoms with E-state index in [2.05, 4.69) is 4.98 Å². The first-order valence-electron chi connectivity index (χ1n) is 4.72. The predicted octanol–water partition coefficient (Wildman–Crippen LogP) is 2.91. The Balaban J connectivity index is 2.57. The zero-order chi connectivity index (χ0) is 12.8. The van der Waals surface area contributed by atoms with E-state index in [1.54, 1.807) is 0 Å². The van der Waals surface area contributed by atoms with Gasteiger partial charge in [-0.25, -0.2) is 13.4 Å². The van der Waals surface area contributed by atoms with Crippen LogP contribution in [0.15, 0.2) is 17.0 Å². The molecule has 0 amide bonds. The van der Waals surface area contributed by atoms with Crippen LogP contribution < -0.4 is 0 Å². The van der Waals surface area contributed by atoms with E-state index >= 15 is 0 Å². The van der Waals surface area contributed by atoms with Gasteiger partial charge in [0.2, 0.25) is 0 Å². The highest BCUT2D eigenvalue weighted by Gasteiger charge is 2.37. The van der Waals surface area contributed by atoms with Crippen molar-refractivity contribution in [3.8, 4) is 0 Å². The second kappa shape index (κ2) is 3.84. The van der Waals surface area contributed by atoms with E-state index in [1.807, 2.05) is 0 Å². The molecule has 1 heterocycles. The van der Waals surface area contributed by atoms with Gasteiger partial charge in [0.05, 0.1) is 5.69 Å². The van der Waals surface area contributed by atoms with Crippen molar-refractivity contribution in [1.29, 1.82) is 0 Å². The third kappa shape index (κ3) is 2.71. The van der Waals surface area contributed by atoms with Gasteiger partial charge < -0.3 is 0 Å². The molecule has 3 nitrogen and oxygen atoms in total. The van der Waals surface area contributed by atoms with Crippen LogP contribution in [0.5, 0.6) is 0 Å². The van der Waals surface area contributed by atoms with Crippen LogP contribution in [0.2, 0.25) is 0 Å². The predicted molar refractivity (Wildman–Crippen MR) is 54.3 cm³/mol. The normalized spacial score (nSPS) is 17.2. The Morgan fingerprint density at radius 1 is 1.29 bits per heavy atom. The molecule has 1 aromatic rings. The number of rotatable bonds is 2. The minimum absolute atomic E-state index is 0.0742. The second-order valence-corrected chi connectivity index (χ2v) is 6.32. The zero-order valence-electron chi connectivity index (χ0n) is 8.33. The van der Waals surface area contributed by atoms with Gasteiger partial charge in [-0.1, -0.05) is 0 Å². The van der Waals surface area contributed by atoms with Gasteiger partial charge in [-0.2, -0.15) is 13.2 Å². The Bertz CT molecular complexity index is 552. The molecule has 2 rings (SSSR count). The molecule has 1 aliphatic rings. The van der Waals surface area contributed by atoms with E-state index in [4.69, 9.17) is 10.7 Å². The third-order valence-electron chi connectivity index (χ3n) is 2.40. The molecular formula is C9H7ClF3NO2S. The number of nitrogens with zero attached hydrogens (tertiary/aromatic N) is 1. The molecule has 94 valence electrons. The van der Waals surface area contributed by atoms with Crippen LogP contribution >= 0.6 is 10.7 Å². The fraction of sp³-hybridized carbons (Fsp3) is 0.444. The minimum atomic E-state index is -4.59. The van der Waals surface area contributed by atoms with E-state index in [1.165, 1.54) is 0 Å². The first-order valence-corrected chi connectivity index (χ1v) is 7.03. The Morgan fingerprint density at radius 3 is 2.29 bits per heavy atom. The number of halogens is 4. The first kappa shape index (κ1) is 12.6. The van der Waals surface area contributed by atoms with Crippen LogP contribution in [0.3, 0.4) is 0 Å². The molecule has 0 saturated heterocycles. The lowest BCUT2D eigenvalue weighted by Crippen LogP contribution is -2.11. The third-order valence-corrected chi connectivity index (χ3v) is 3.77. The summed E-state index contributed by atoms with van der Waals surface area (Å²) in [5, 5.41) is 0. The molecule has 0 bridgehead atoms. The molecule has 0 atom stereocenters. The molecule has 8 heteroatoms. The van der Waals surface area contributed by atoms with Gasteiger partial charge in [0.1, 0.15) is 10.6 Å². The second-order valence-electron chi connectivity index (χ2n) is 3.79. The van der Waals surface area contributed by atoms with Crippen molar-refractivity contribution in [3.63, 3.8) is 0 Å². The lowest BCUT2D eigenvalue weighted by Gasteiger charge is -2.10. The molecule has 0 radical (unpaired) electrons. The van der Waals surface area contributed by atoms with Crippen LogP contribution in [-0.4, -0.2) is 13.4 Å². The summed E-state index contributed by atoms with van der Waals surface area (Å²) in [6.07, 6.45) is -3.32. The smallest absolute Gasteiger partial charge is 0.247 e. The van der Waals surface area contributed by atoms with Gasteiger partial charge in [-0.05, 0) is 25.0 Å². The van der Waals surface area contributed by atoms with E-state index < -0.39 is 20.9 Å². The van der Waals surface area contributed by atoms with Crippen LogP contribution in [0.25, 0.3) is 0 Å². The number of alkyl halides is 3. The van der Waals surface area contributed by atoms with E-state index in [-0.39, 0.29) is 16.5 Å². The maximum Gasteiger partial charge on any atom is 0.433 e. The molecular weight excluding hydrogens is 279 g/mol. The summed E-state index contributed by atoms with van der Waals surface area (Å²) >= 11 is 0. The highest BCUT2D eigenvalue weighted by Crippen LogP contribution is 2.43. The largest absolute Gasteiger partial charge is 0.433 e. The fourth-order valence-electron chi connectivity index (χ4n) is 1.48. The average Bonchev–Trinajstić information content (AvgIpc) is 2.97. The number of aromatic nitrogens is 1. The summed E-state index contributed by atoms with van der Waals surface area (Å²) in [5.74, 6) is -0.235. The Morgan fingerprint density at radius 2 is 1.88 bits per heavy atom. The Hall–Kier alpha value is -0.820. The summed E-state index contributed by atoms with van der Waals surface area (Å²) in [6.45, 7) is 0. The monoisotopic (exact) mass is 285 g/mol. The SMILES string of the molecule is O=S(=O)(Cl)c1ccc(C(F)(F)F)nc1C1CC1. The van der Waals surface area contributed by atoms with E-state index in [0.29, 0.717) is 18.9 Å². The fourth-order valence-corrected chi connectivity index (χ4v) is 2.56. The molecule has 0 N–H and O–H groups in total. The van der Waals surface area contributed by atoms with Crippen LogP contribution in [0.4, 0.5) is 13.2 Å². The van der Waals surface area contributed by atoms with Crippen molar-refractivity contribution < 1.29 is 21.6 Å². The van der Waals surface area contributed by atoms with Crippen molar-refractivity contribution in [2.24, 2.45) is 0 Å². The summed E-state index contributed by atoms with van der Waals surface area (Å²) in [7, 11) is 1.09. The number of hydrogen-bond donors (Lipinski definition) is 0. The van der Waals surface area contributed by atoms with Gasteiger partial charge in [-0.3, -0.25) is 0 Å². The Kier molecular flexibility index (Phi) is 2.86. The first-order chi connectivity index (χ1) is 7.69. The summed E-state index contributed by atoms with van der Waals surface area (Å²) < 4.78 is 59.7. The van der Waals surface area contributed by atoms with Crippen LogP contribution in [-0.2, 0) is 15.2 Å². The maximum atomic E-state index is 12.4. The zero-order valence-corrected chi connectivity index (χ0v) is 9.90. The summed E-state index contributed by atoms with van der Waals surface area (Å²) in [6, 6.07) is 1.49. The standard InChI is InChI=1S/C9H7ClF3NO2S/c10-17(15,16)6-3-4-7(9(11,12)13)14-8(6)5-1-2-5/h3-5H,1-2H2. The molecule has 17 heavy (non-hydrogen) atoms. The topological polar surface area (TPSA) is 47.0 Å². The average molecular weight is 286 g/mol. The Labute approximate surface area is 100 Å². The molecule has 0 unspecified atom stereocenters. The highest BCUT2D eigenvalue weighted by molar-refractivity contribution is 8.13. The molecule has 1 fully saturated rings. The van der Waals surface area contributed by atoms with Crippen molar-refractivity contribution in [1.82, 2.24) is 4.98 Å². The minimum Gasteiger partial charge on any atom is -0.247 e. The molecule has 1 aliphatic carbocycles. The lowest BCUT2D eigenvalue weighted by molar-refractivity contribution is -0.141. The summed E-state index contributed by atoms with van der Waals surface area (Å²) in [4.78, 5) is 3.06. The van der Waals surface area contributed by atoms with E-state index in [9.17, 15) is 21.6 Å². The van der Waals surface area contributed by atoms with Gasteiger partial charge in [-0.15, -0.1) is 0 Å². The quantitative estimate of drug-likeness (QED) is 0.785. The molecule has 1 aromatic heterocycles. The number of hydrogen-bond acceptors (Lipinski definition) is 3. The van der Waals surface area contributed by atoms with Crippen molar-refractivity contribution in [2.45, 2.75) is 29.8 Å². The van der Waals surface area contributed by atoms with Crippen molar-refractivity contribution in [3.05, 3.63) is 23.5 Å². The maximum absolute atomic E-state index is 12.4. The summed E-state index contributed by atoms with van der Waals surface area (Å²) in [5.41, 5.74) is -1.17. The highest BCUT2D eigenvalue weighted by atomic mass is 35.7. The van der Waals surface area contributed by atoms with Crippen molar-refractivity contribution >= 4 is 19.7 Å². The van der Waals surface area contributed by atoms with Gasteiger partial charge >= 0.3 is 6.18 Å². The van der Waals surface area contributed by atoms with Gasteiger partial charge in [0, 0.05) is 16.6 Å². The van der Waals surface area contributed by atoms with Crippen LogP contribution in [0.1, 0.15) is 30.1 Å². The van der Waals surface area contributed by atoms with E-state index in [0.717, 1.165) is 6.07 Å². The molecule has 0 aliphatic heterocycles. The lowest BCUT2D eigenvalue weighted by atomic mass is 10.2. The molecule has 0 spiro atoms. The van der Waals surface area contributed by atoms with Gasteiger partial charge in [0.25, 0.3) is 9.05 Å². The van der Waals surface area contributed by atoms with Gasteiger partial charge in [0.15, 0.2) is 0 Å². The molecule has 1 saturated carbocycles. The molecule has 0 aromatic carbocycles. The number of pyridine rings is 1.